The number of halogens is 2. The highest BCUT2D eigenvalue weighted by atomic mass is 35.5. The quantitative estimate of drug-likeness (QED) is 0.666. The number of hydrogen-bond acceptors (Lipinski definition) is 5. The highest BCUT2D eigenvalue weighted by Gasteiger charge is 2.25. The molecule has 0 saturated carbocycles. The molecule has 0 radical (unpaired) electrons. The summed E-state index contributed by atoms with van der Waals surface area (Å²) in [5.74, 6) is 1.06. The number of thioether (sulfide) groups is 1. The Balaban J connectivity index is 2.53. The Morgan fingerprint density at radius 1 is 1.17 bits per heavy atom. The van der Waals surface area contributed by atoms with Crippen LogP contribution in [0.25, 0.3) is 0 Å². The lowest BCUT2D eigenvalue weighted by Gasteiger charge is -2.21. The van der Waals surface area contributed by atoms with E-state index in [-0.39, 0.29) is 11.4 Å². The van der Waals surface area contributed by atoms with E-state index in [9.17, 15) is 0 Å². The Morgan fingerprint density at radius 2 is 1.92 bits per heavy atom. The fourth-order valence-electron chi connectivity index (χ4n) is 1.07. The molecule has 12 heavy (non-hydrogen) atoms. The SMILES string of the molecule is ClN=NC1CCCSC1N=NCl. The van der Waals surface area contributed by atoms with Gasteiger partial charge in [0.1, 0.15) is 11.4 Å². The summed E-state index contributed by atoms with van der Waals surface area (Å²) in [4.78, 5) is 0. The maximum Gasteiger partial charge on any atom is 0.142 e. The van der Waals surface area contributed by atoms with E-state index in [1.807, 2.05) is 0 Å². The molecule has 0 spiro atoms. The van der Waals surface area contributed by atoms with E-state index in [1.165, 1.54) is 0 Å². The van der Waals surface area contributed by atoms with Gasteiger partial charge in [-0.25, -0.2) is 0 Å². The molecule has 0 amide bonds. The third-order valence-corrected chi connectivity index (χ3v) is 3.06. The molecular weight excluding hydrogens is 219 g/mol. The molecule has 0 bridgehead atoms. The number of rotatable bonds is 2. The minimum atomic E-state index is -0.0150. The van der Waals surface area contributed by atoms with Crippen LogP contribution in [0.2, 0.25) is 0 Å². The van der Waals surface area contributed by atoms with Crippen LogP contribution in [0.5, 0.6) is 0 Å². The van der Waals surface area contributed by atoms with Crippen molar-refractivity contribution in [2.24, 2.45) is 19.5 Å². The van der Waals surface area contributed by atoms with E-state index in [2.05, 4.69) is 19.5 Å². The molecule has 2 atom stereocenters. The Labute approximate surface area is 85.0 Å². The van der Waals surface area contributed by atoms with E-state index >= 15 is 0 Å². The maximum atomic E-state index is 5.14. The number of hydrogen-bond donors (Lipinski definition) is 0. The van der Waals surface area contributed by atoms with Gasteiger partial charge >= 0.3 is 0 Å². The summed E-state index contributed by atoms with van der Waals surface area (Å²) in [6.45, 7) is 0. The Hall–Kier alpha value is 0.130. The number of nitrogens with zero attached hydrogens (tertiary/aromatic N) is 4. The molecule has 1 rings (SSSR count). The van der Waals surface area contributed by atoms with Crippen LogP contribution < -0.4 is 0 Å². The van der Waals surface area contributed by atoms with E-state index in [4.69, 9.17) is 23.6 Å². The first-order chi connectivity index (χ1) is 5.88. The van der Waals surface area contributed by atoms with Gasteiger partial charge in [-0.15, -0.1) is 11.8 Å². The lowest BCUT2D eigenvalue weighted by Crippen LogP contribution is -2.23. The fraction of sp³-hybridized carbons (Fsp3) is 1.00. The first kappa shape index (κ1) is 10.2. The minimum Gasteiger partial charge on any atom is -0.170 e. The van der Waals surface area contributed by atoms with Crippen molar-refractivity contribution in [3.8, 4) is 0 Å². The first-order valence-electron chi connectivity index (χ1n) is 3.52. The Kier molecular flexibility index (Phi) is 4.87. The molecule has 0 aromatic carbocycles. The van der Waals surface area contributed by atoms with Crippen molar-refractivity contribution in [3.63, 3.8) is 0 Å². The standard InChI is InChI=1S/C5H8Cl2N4S/c6-10-8-4-2-1-3-12-5(4)9-11-7/h4-5H,1-3H2. The predicted molar refractivity (Wildman–Crippen MR) is 50.7 cm³/mol. The van der Waals surface area contributed by atoms with Gasteiger partial charge < -0.3 is 0 Å². The average molecular weight is 227 g/mol. The zero-order valence-corrected chi connectivity index (χ0v) is 8.56. The van der Waals surface area contributed by atoms with E-state index in [1.54, 1.807) is 11.8 Å². The minimum absolute atomic E-state index is 0.0150. The van der Waals surface area contributed by atoms with Gasteiger partial charge in [0.25, 0.3) is 0 Å². The molecule has 1 saturated heterocycles. The van der Waals surface area contributed by atoms with Crippen molar-refractivity contribution in [2.45, 2.75) is 24.3 Å². The summed E-state index contributed by atoms with van der Waals surface area (Å²) in [6, 6.07) is 0.0312. The topological polar surface area (TPSA) is 49.4 Å². The average Bonchev–Trinajstić information content (AvgIpc) is 2.09. The van der Waals surface area contributed by atoms with Crippen LogP contribution in [-0.2, 0) is 0 Å². The molecule has 0 aliphatic carbocycles. The van der Waals surface area contributed by atoms with Gasteiger partial charge in [0.15, 0.2) is 0 Å². The van der Waals surface area contributed by atoms with Gasteiger partial charge in [0.05, 0.1) is 23.6 Å². The lowest BCUT2D eigenvalue weighted by molar-refractivity contribution is 0.548. The van der Waals surface area contributed by atoms with Gasteiger partial charge in [-0.1, -0.05) is 9.27 Å². The van der Waals surface area contributed by atoms with Crippen molar-refractivity contribution >= 4 is 35.3 Å². The van der Waals surface area contributed by atoms with Gasteiger partial charge in [-0.05, 0) is 18.6 Å². The molecule has 0 aromatic rings. The largest absolute Gasteiger partial charge is 0.170 e. The summed E-state index contributed by atoms with van der Waals surface area (Å²) in [5.41, 5.74) is 0. The summed E-state index contributed by atoms with van der Waals surface area (Å²) in [6.07, 6.45) is 2.06. The second-order valence-corrected chi connectivity index (χ2v) is 3.88. The first-order valence-corrected chi connectivity index (χ1v) is 5.25. The molecule has 1 heterocycles. The predicted octanol–water partition coefficient (Wildman–Crippen LogP) is 3.42. The van der Waals surface area contributed by atoms with Gasteiger partial charge in [-0.3, -0.25) is 0 Å². The van der Waals surface area contributed by atoms with Gasteiger partial charge in [-0.2, -0.15) is 10.2 Å². The molecule has 7 heteroatoms. The van der Waals surface area contributed by atoms with Crippen LogP contribution in [0, 0.1) is 0 Å². The van der Waals surface area contributed by atoms with E-state index in [0.717, 1.165) is 18.6 Å². The van der Waals surface area contributed by atoms with Crippen LogP contribution in [-0.4, -0.2) is 17.2 Å². The van der Waals surface area contributed by atoms with E-state index in [0.29, 0.717) is 0 Å². The van der Waals surface area contributed by atoms with Crippen molar-refractivity contribution in [1.29, 1.82) is 0 Å². The highest BCUT2D eigenvalue weighted by molar-refractivity contribution is 7.99. The monoisotopic (exact) mass is 226 g/mol. The molecule has 68 valence electrons. The summed E-state index contributed by atoms with van der Waals surface area (Å²) < 4.78 is 6.45. The Morgan fingerprint density at radius 3 is 2.58 bits per heavy atom. The van der Waals surface area contributed by atoms with Crippen molar-refractivity contribution < 1.29 is 0 Å². The van der Waals surface area contributed by atoms with E-state index < -0.39 is 0 Å². The molecule has 0 aromatic heterocycles. The van der Waals surface area contributed by atoms with Crippen LogP contribution in [0.1, 0.15) is 12.8 Å². The normalized spacial score (nSPS) is 31.8. The zero-order chi connectivity index (χ0) is 8.81. The second kappa shape index (κ2) is 5.72. The lowest BCUT2D eigenvalue weighted by atomic mass is 10.2. The Bertz CT molecular complexity index is 166. The summed E-state index contributed by atoms with van der Waals surface area (Å²) in [7, 11) is 0. The third-order valence-electron chi connectivity index (χ3n) is 1.61. The highest BCUT2D eigenvalue weighted by Crippen LogP contribution is 2.29. The van der Waals surface area contributed by atoms with Crippen LogP contribution in [0.3, 0.4) is 0 Å². The van der Waals surface area contributed by atoms with Crippen molar-refractivity contribution in [3.05, 3.63) is 0 Å². The van der Waals surface area contributed by atoms with Gasteiger partial charge in [0.2, 0.25) is 0 Å². The summed E-state index contributed by atoms with van der Waals surface area (Å²) in [5, 5.41) is 7.65. The molecular formula is C5H8Cl2N4S. The summed E-state index contributed by atoms with van der Waals surface area (Å²) >= 11 is 12.0. The third kappa shape index (κ3) is 2.88. The molecule has 1 aliphatic rings. The van der Waals surface area contributed by atoms with Crippen LogP contribution in [0.15, 0.2) is 19.5 Å². The van der Waals surface area contributed by atoms with Gasteiger partial charge in [0, 0.05) is 0 Å². The molecule has 1 aliphatic heterocycles. The smallest absolute Gasteiger partial charge is 0.142 e. The van der Waals surface area contributed by atoms with Crippen molar-refractivity contribution in [1.82, 2.24) is 0 Å². The molecule has 4 nitrogen and oxygen atoms in total. The van der Waals surface area contributed by atoms with Crippen LogP contribution in [0.4, 0.5) is 0 Å². The second-order valence-electron chi connectivity index (χ2n) is 2.35. The van der Waals surface area contributed by atoms with Crippen molar-refractivity contribution in [2.75, 3.05) is 5.75 Å². The molecule has 1 fully saturated rings. The molecule has 0 N–H and O–H groups in total. The van der Waals surface area contributed by atoms with Crippen LogP contribution >= 0.6 is 35.3 Å². The maximum absolute atomic E-state index is 5.14. The molecule has 2 unspecified atom stereocenters. The zero-order valence-electron chi connectivity index (χ0n) is 6.23. The fourth-order valence-corrected chi connectivity index (χ4v) is 2.43.